The normalized spacial score (nSPS) is 12.4. The van der Waals surface area contributed by atoms with Gasteiger partial charge in [-0.05, 0) is 89.8 Å². The highest BCUT2D eigenvalue weighted by Crippen LogP contribution is 2.39. The Morgan fingerprint density at radius 3 is 1.76 bits per heavy atom. The Labute approximate surface area is 151 Å². The molecule has 0 amide bonds. The molecule has 0 unspecified atom stereocenters. The Hall–Kier alpha value is -1.84. The predicted molar refractivity (Wildman–Crippen MR) is 102 cm³/mol. The third kappa shape index (κ3) is 4.23. The van der Waals surface area contributed by atoms with Gasteiger partial charge in [-0.1, -0.05) is 17.7 Å². The molecule has 0 heterocycles. The fraction of sp³-hybridized carbons (Fsp3) is 0.455. The molecule has 2 N–H and O–H groups in total. The zero-order valence-corrected chi connectivity index (χ0v) is 16.6. The van der Waals surface area contributed by atoms with Crippen molar-refractivity contribution in [2.45, 2.75) is 66.6 Å². The largest absolute Gasteiger partial charge is 0.456 e. The molecular weight excluding hydrogens is 312 g/mol. The maximum Gasteiger partial charge on any atom is 0.136 e. The molecule has 0 spiro atoms. The van der Waals surface area contributed by atoms with Gasteiger partial charge in [0.25, 0.3) is 0 Å². The van der Waals surface area contributed by atoms with Gasteiger partial charge < -0.3 is 14.9 Å². The Morgan fingerprint density at radius 1 is 0.680 bits per heavy atom. The highest BCUT2D eigenvalue weighted by atomic mass is 16.5. The van der Waals surface area contributed by atoms with Crippen LogP contribution in [0.4, 0.5) is 0 Å². The molecule has 0 bridgehead atoms. The first-order valence-electron chi connectivity index (χ1n) is 8.66. The second-order valence-corrected chi connectivity index (χ2v) is 8.11. The maximum atomic E-state index is 10.6. The molecule has 25 heavy (non-hydrogen) atoms. The van der Waals surface area contributed by atoms with Gasteiger partial charge in [-0.15, -0.1) is 0 Å². The Balaban J connectivity index is 2.62. The van der Waals surface area contributed by atoms with Crippen molar-refractivity contribution in [2.75, 3.05) is 0 Å². The molecule has 0 atom stereocenters. The summed E-state index contributed by atoms with van der Waals surface area (Å²) < 4.78 is 6.27. The van der Waals surface area contributed by atoms with E-state index in [0.717, 1.165) is 33.4 Å². The standard InChI is InChI=1S/C22H30O3/c1-13-9-16(4)20(18(10-13)22(7,8)24)25-19-12-17(21(5,6)23)14(2)11-15(19)3/h9-12,23-24H,1-8H3. The number of aliphatic hydroxyl groups is 2. The molecule has 0 aliphatic rings. The van der Waals surface area contributed by atoms with Gasteiger partial charge in [0, 0.05) is 5.56 Å². The van der Waals surface area contributed by atoms with Crippen molar-refractivity contribution in [3.63, 3.8) is 0 Å². The van der Waals surface area contributed by atoms with E-state index >= 15 is 0 Å². The van der Waals surface area contributed by atoms with Crippen LogP contribution < -0.4 is 4.74 Å². The van der Waals surface area contributed by atoms with E-state index in [1.165, 1.54) is 0 Å². The molecule has 0 saturated heterocycles. The number of hydrogen-bond donors (Lipinski definition) is 2. The van der Waals surface area contributed by atoms with E-state index in [1.54, 1.807) is 27.7 Å². The molecule has 0 aliphatic carbocycles. The summed E-state index contributed by atoms with van der Waals surface area (Å²) in [5.74, 6) is 1.37. The van der Waals surface area contributed by atoms with E-state index in [0.29, 0.717) is 11.5 Å². The Morgan fingerprint density at radius 2 is 1.24 bits per heavy atom. The van der Waals surface area contributed by atoms with Gasteiger partial charge in [0.2, 0.25) is 0 Å². The van der Waals surface area contributed by atoms with Crippen LogP contribution in [0.15, 0.2) is 24.3 Å². The summed E-state index contributed by atoms with van der Waals surface area (Å²) in [4.78, 5) is 0. The van der Waals surface area contributed by atoms with Gasteiger partial charge in [-0.2, -0.15) is 0 Å². The molecule has 0 fully saturated rings. The van der Waals surface area contributed by atoms with Crippen LogP contribution in [0.3, 0.4) is 0 Å². The van der Waals surface area contributed by atoms with E-state index in [-0.39, 0.29) is 0 Å². The van der Waals surface area contributed by atoms with Gasteiger partial charge in [0.15, 0.2) is 0 Å². The van der Waals surface area contributed by atoms with Crippen molar-refractivity contribution < 1.29 is 14.9 Å². The molecule has 3 heteroatoms. The van der Waals surface area contributed by atoms with Crippen LogP contribution in [0.1, 0.15) is 61.1 Å². The lowest BCUT2D eigenvalue weighted by Crippen LogP contribution is -2.18. The first-order chi connectivity index (χ1) is 11.3. The van der Waals surface area contributed by atoms with Crippen molar-refractivity contribution in [3.05, 3.63) is 57.6 Å². The molecule has 0 aromatic heterocycles. The first-order valence-corrected chi connectivity index (χ1v) is 8.66. The smallest absolute Gasteiger partial charge is 0.136 e. The van der Waals surface area contributed by atoms with E-state index in [4.69, 9.17) is 4.74 Å². The van der Waals surface area contributed by atoms with E-state index in [2.05, 4.69) is 0 Å². The fourth-order valence-corrected chi connectivity index (χ4v) is 3.26. The average Bonchev–Trinajstić information content (AvgIpc) is 2.41. The lowest BCUT2D eigenvalue weighted by atomic mass is 9.91. The molecule has 0 aliphatic heterocycles. The zero-order chi connectivity index (χ0) is 19.2. The average molecular weight is 342 g/mol. The predicted octanol–water partition coefficient (Wildman–Crippen LogP) is 5.17. The van der Waals surface area contributed by atoms with Crippen LogP contribution in [0.2, 0.25) is 0 Å². The topological polar surface area (TPSA) is 49.7 Å². The lowest BCUT2D eigenvalue weighted by molar-refractivity contribution is 0.0750. The number of benzene rings is 2. The minimum absolute atomic E-state index is 0.673. The zero-order valence-electron chi connectivity index (χ0n) is 16.6. The summed E-state index contributed by atoms with van der Waals surface area (Å²) in [5, 5.41) is 21.0. The quantitative estimate of drug-likeness (QED) is 0.806. The van der Waals surface area contributed by atoms with Gasteiger partial charge in [0.1, 0.15) is 11.5 Å². The van der Waals surface area contributed by atoms with Gasteiger partial charge in [-0.25, -0.2) is 0 Å². The summed E-state index contributed by atoms with van der Waals surface area (Å²) >= 11 is 0. The highest BCUT2D eigenvalue weighted by Gasteiger charge is 2.25. The fourth-order valence-electron chi connectivity index (χ4n) is 3.26. The summed E-state index contributed by atoms with van der Waals surface area (Å²) in [7, 11) is 0. The Bertz CT molecular complexity index is 790. The molecular formula is C22H30O3. The van der Waals surface area contributed by atoms with Crippen molar-refractivity contribution in [1.82, 2.24) is 0 Å². The second kappa shape index (κ2) is 6.47. The van der Waals surface area contributed by atoms with Crippen LogP contribution in [-0.2, 0) is 11.2 Å². The van der Waals surface area contributed by atoms with E-state index in [1.807, 2.05) is 52.0 Å². The van der Waals surface area contributed by atoms with Crippen molar-refractivity contribution in [2.24, 2.45) is 0 Å². The first kappa shape index (κ1) is 19.5. The van der Waals surface area contributed by atoms with E-state index in [9.17, 15) is 10.2 Å². The minimum atomic E-state index is -1.01. The van der Waals surface area contributed by atoms with Crippen LogP contribution in [0, 0.1) is 27.7 Å². The minimum Gasteiger partial charge on any atom is -0.456 e. The molecule has 0 radical (unpaired) electrons. The van der Waals surface area contributed by atoms with Gasteiger partial charge >= 0.3 is 0 Å². The number of ether oxygens (including phenoxy) is 1. The monoisotopic (exact) mass is 342 g/mol. The lowest BCUT2D eigenvalue weighted by Gasteiger charge is -2.26. The SMILES string of the molecule is Cc1cc(C)c(Oc2cc(C(C)(C)O)c(C)cc2C)c(C(C)(C)O)c1. The number of rotatable bonds is 4. The third-order valence-electron chi connectivity index (χ3n) is 4.47. The molecule has 136 valence electrons. The molecule has 2 aromatic rings. The number of hydrogen-bond acceptors (Lipinski definition) is 3. The third-order valence-corrected chi connectivity index (χ3v) is 4.47. The van der Waals surface area contributed by atoms with Crippen molar-refractivity contribution in [1.29, 1.82) is 0 Å². The van der Waals surface area contributed by atoms with E-state index < -0.39 is 11.2 Å². The number of aryl methyl sites for hydroxylation is 4. The molecule has 2 aromatic carbocycles. The summed E-state index contributed by atoms with van der Waals surface area (Å²) in [6, 6.07) is 7.93. The van der Waals surface area contributed by atoms with Crippen molar-refractivity contribution >= 4 is 0 Å². The second-order valence-electron chi connectivity index (χ2n) is 8.11. The summed E-state index contributed by atoms with van der Waals surface area (Å²) in [6.07, 6.45) is 0. The van der Waals surface area contributed by atoms with Gasteiger partial charge in [0.05, 0.1) is 11.2 Å². The molecule has 0 saturated carbocycles. The molecule has 3 nitrogen and oxygen atoms in total. The summed E-state index contributed by atoms with van der Waals surface area (Å²) in [6.45, 7) is 15.0. The summed E-state index contributed by atoms with van der Waals surface area (Å²) in [5.41, 5.74) is 3.72. The highest BCUT2D eigenvalue weighted by molar-refractivity contribution is 5.51. The van der Waals surface area contributed by atoms with Crippen LogP contribution in [0.5, 0.6) is 11.5 Å². The van der Waals surface area contributed by atoms with Crippen LogP contribution in [-0.4, -0.2) is 10.2 Å². The van der Waals surface area contributed by atoms with Crippen LogP contribution >= 0.6 is 0 Å². The van der Waals surface area contributed by atoms with Crippen molar-refractivity contribution in [3.8, 4) is 11.5 Å². The molecule has 2 rings (SSSR count). The van der Waals surface area contributed by atoms with Gasteiger partial charge in [-0.3, -0.25) is 0 Å². The Kier molecular flexibility index (Phi) is 5.04. The van der Waals surface area contributed by atoms with Crippen LogP contribution in [0.25, 0.3) is 0 Å². The maximum absolute atomic E-state index is 10.6.